The zero-order valence-electron chi connectivity index (χ0n) is 16.1. The van der Waals surface area contributed by atoms with Gasteiger partial charge in [-0.15, -0.1) is 0 Å². The fraction of sp³-hybridized carbons (Fsp3) is 0.526. The Labute approximate surface area is 162 Å². The van der Waals surface area contributed by atoms with E-state index in [1.54, 1.807) is 12.1 Å². The van der Waals surface area contributed by atoms with Crippen LogP contribution in [-0.4, -0.2) is 68.3 Å². The largest absolute Gasteiger partial charge is 0.493 e. The van der Waals surface area contributed by atoms with Crippen molar-refractivity contribution in [2.24, 2.45) is 5.92 Å². The molecule has 2 fully saturated rings. The summed E-state index contributed by atoms with van der Waals surface area (Å²) < 4.78 is 15.9. The first-order chi connectivity index (χ1) is 13.4. The van der Waals surface area contributed by atoms with Gasteiger partial charge in [0.25, 0.3) is 0 Å². The van der Waals surface area contributed by atoms with E-state index in [0.29, 0.717) is 42.3 Å². The van der Waals surface area contributed by atoms with Gasteiger partial charge in [0.2, 0.25) is 17.6 Å². The quantitative estimate of drug-likeness (QED) is 0.774. The number of amides is 2. The maximum absolute atomic E-state index is 12.8. The molecule has 2 saturated heterocycles. The lowest BCUT2D eigenvalue weighted by Gasteiger charge is -2.25. The highest BCUT2D eigenvalue weighted by Gasteiger charge is 2.42. The Balaban J connectivity index is 1.83. The molecule has 0 aliphatic carbocycles. The maximum Gasteiger partial charge on any atom is 0.326 e. The molecular formula is C19H24N2O7. The highest BCUT2D eigenvalue weighted by Crippen LogP contribution is 2.42. The zero-order chi connectivity index (χ0) is 20.4. The van der Waals surface area contributed by atoms with Gasteiger partial charge in [-0.3, -0.25) is 9.59 Å². The SMILES string of the molecule is COc1cc(N2CC(C(=O)N3CCCC3C(=O)O)CC2=O)cc(OC)c1OC. The normalized spacial score (nSPS) is 21.8. The third-order valence-electron chi connectivity index (χ3n) is 5.26. The molecule has 2 aliphatic rings. The van der Waals surface area contributed by atoms with Crippen molar-refractivity contribution in [1.82, 2.24) is 4.90 Å². The number of carbonyl (C=O) groups excluding carboxylic acids is 2. The smallest absolute Gasteiger partial charge is 0.326 e. The summed E-state index contributed by atoms with van der Waals surface area (Å²) in [6.45, 7) is 0.587. The summed E-state index contributed by atoms with van der Waals surface area (Å²) in [6.07, 6.45) is 1.14. The van der Waals surface area contributed by atoms with Crippen LogP contribution in [0.3, 0.4) is 0 Å². The number of carboxylic acid groups (broad SMARTS) is 1. The molecule has 9 heteroatoms. The molecule has 0 bridgehead atoms. The van der Waals surface area contributed by atoms with E-state index >= 15 is 0 Å². The van der Waals surface area contributed by atoms with Crippen molar-refractivity contribution >= 4 is 23.5 Å². The second-order valence-electron chi connectivity index (χ2n) is 6.82. The number of methoxy groups -OCH3 is 3. The number of anilines is 1. The van der Waals surface area contributed by atoms with E-state index in [-0.39, 0.29) is 24.8 Å². The molecule has 0 radical (unpaired) electrons. The number of rotatable bonds is 6. The van der Waals surface area contributed by atoms with Crippen molar-refractivity contribution in [3.8, 4) is 17.2 Å². The van der Waals surface area contributed by atoms with Gasteiger partial charge < -0.3 is 29.1 Å². The lowest BCUT2D eigenvalue weighted by Crippen LogP contribution is -2.44. The summed E-state index contributed by atoms with van der Waals surface area (Å²) in [6, 6.07) is 2.50. The Morgan fingerprint density at radius 3 is 2.29 bits per heavy atom. The van der Waals surface area contributed by atoms with E-state index < -0.39 is 17.9 Å². The zero-order valence-corrected chi connectivity index (χ0v) is 16.1. The molecule has 1 N–H and O–H groups in total. The van der Waals surface area contributed by atoms with Crippen LogP contribution in [-0.2, 0) is 14.4 Å². The van der Waals surface area contributed by atoms with E-state index in [1.165, 1.54) is 31.1 Å². The van der Waals surface area contributed by atoms with E-state index in [2.05, 4.69) is 0 Å². The van der Waals surface area contributed by atoms with Gasteiger partial charge in [-0.25, -0.2) is 4.79 Å². The molecule has 1 aromatic rings. The number of aliphatic carboxylic acids is 1. The Morgan fingerprint density at radius 2 is 1.75 bits per heavy atom. The summed E-state index contributed by atoms with van der Waals surface area (Å²) in [5.41, 5.74) is 0.533. The molecule has 3 rings (SSSR count). The number of ether oxygens (including phenoxy) is 3. The number of nitrogens with zero attached hydrogens (tertiary/aromatic N) is 2. The summed E-state index contributed by atoms with van der Waals surface area (Å²) in [7, 11) is 4.46. The summed E-state index contributed by atoms with van der Waals surface area (Å²) in [4.78, 5) is 39.7. The minimum atomic E-state index is -1.00. The molecule has 2 atom stereocenters. The number of likely N-dealkylation sites (tertiary alicyclic amines) is 1. The number of benzene rings is 1. The van der Waals surface area contributed by atoms with Crippen molar-refractivity contribution < 1.29 is 33.7 Å². The van der Waals surface area contributed by atoms with Gasteiger partial charge in [0.1, 0.15) is 6.04 Å². The van der Waals surface area contributed by atoms with Gasteiger partial charge in [-0.05, 0) is 12.8 Å². The van der Waals surface area contributed by atoms with E-state index in [1.807, 2.05) is 0 Å². The Kier molecular flexibility index (Phi) is 5.62. The molecule has 2 heterocycles. The molecule has 1 aromatic carbocycles. The van der Waals surface area contributed by atoms with Crippen LogP contribution in [0.4, 0.5) is 5.69 Å². The fourth-order valence-electron chi connectivity index (χ4n) is 3.87. The van der Waals surface area contributed by atoms with Crippen molar-refractivity contribution in [2.75, 3.05) is 39.3 Å². The van der Waals surface area contributed by atoms with Crippen LogP contribution in [0.25, 0.3) is 0 Å². The van der Waals surface area contributed by atoms with Gasteiger partial charge in [0.15, 0.2) is 11.5 Å². The predicted molar refractivity (Wildman–Crippen MR) is 98.9 cm³/mol. The summed E-state index contributed by atoms with van der Waals surface area (Å²) in [5.74, 6) is -0.848. The molecule has 2 amide bonds. The van der Waals surface area contributed by atoms with Gasteiger partial charge >= 0.3 is 5.97 Å². The van der Waals surface area contributed by atoms with Crippen LogP contribution in [0.1, 0.15) is 19.3 Å². The molecule has 28 heavy (non-hydrogen) atoms. The average molecular weight is 392 g/mol. The minimum Gasteiger partial charge on any atom is -0.493 e. The summed E-state index contributed by atoms with van der Waals surface area (Å²) >= 11 is 0. The lowest BCUT2D eigenvalue weighted by molar-refractivity contribution is -0.149. The number of hydrogen-bond donors (Lipinski definition) is 1. The second-order valence-corrected chi connectivity index (χ2v) is 6.82. The first-order valence-corrected chi connectivity index (χ1v) is 9.04. The first-order valence-electron chi connectivity index (χ1n) is 9.04. The van der Waals surface area contributed by atoms with Crippen LogP contribution in [0.5, 0.6) is 17.2 Å². The molecule has 0 spiro atoms. The first kappa shape index (κ1) is 19.8. The van der Waals surface area contributed by atoms with Crippen LogP contribution < -0.4 is 19.1 Å². The third-order valence-corrected chi connectivity index (χ3v) is 5.26. The van der Waals surface area contributed by atoms with Crippen molar-refractivity contribution in [3.05, 3.63) is 12.1 Å². The molecule has 0 aromatic heterocycles. The van der Waals surface area contributed by atoms with Gasteiger partial charge in [0.05, 0.1) is 32.9 Å². The lowest BCUT2D eigenvalue weighted by atomic mass is 10.1. The van der Waals surface area contributed by atoms with Crippen LogP contribution in [0.2, 0.25) is 0 Å². The Morgan fingerprint density at radius 1 is 1.11 bits per heavy atom. The van der Waals surface area contributed by atoms with E-state index in [9.17, 15) is 19.5 Å². The molecule has 9 nitrogen and oxygen atoms in total. The highest BCUT2D eigenvalue weighted by atomic mass is 16.5. The maximum atomic E-state index is 12.8. The van der Waals surface area contributed by atoms with Crippen LogP contribution in [0.15, 0.2) is 12.1 Å². The molecular weight excluding hydrogens is 368 g/mol. The topological polar surface area (TPSA) is 106 Å². The molecule has 2 unspecified atom stereocenters. The second kappa shape index (κ2) is 7.95. The van der Waals surface area contributed by atoms with Crippen molar-refractivity contribution in [1.29, 1.82) is 0 Å². The van der Waals surface area contributed by atoms with Gasteiger partial charge in [-0.1, -0.05) is 0 Å². The van der Waals surface area contributed by atoms with Crippen LogP contribution >= 0.6 is 0 Å². The molecule has 0 saturated carbocycles. The number of hydrogen-bond acceptors (Lipinski definition) is 6. The molecule has 2 aliphatic heterocycles. The number of carbonyl (C=O) groups is 3. The van der Waals surface area contributed by atoms with Crippen molar-refractivity contribution in [2.45, 2.75) is 25.3 Å². The monoisotopic (exact) mass is 392 g/mol. The van der Waals surface area contributed by atoms with Gasteiger partial charge in [-0.2, -0.15) is 0 Å². The highest BCUT2D eigenvalue weighted by molar-refractivity contribution is 6.01. The van der Waals surface area contributed by atoms with Gasteiger partial charge in [0, 0.05) is 31.6 Å². The third kappa shape index (κ3) is 3.44. The van der Waals surface area contributed by atoms with E-state index in [0.717, 1.165) is 0 Å². The van der Waals surface area contributed by atoms with E-state index in [4.69, 9.17) is 14.2 Å². The van der Waals surface area contributed by atoms with Crippen LogP contribution in [0, 0.1) is 5.92 Å². The predicted octanol–water partition coefficient (Wildman–Crippen LogP) is 1.14. The van der Waals surface area contributed by atoms with Crippen molar-refractivity contribution in [3.63, 3.8) is 0 Å². The fourth-order valence-corrected chi connectivity index (χ4v) is 3.87. The average Bonchev–Trinajstić information content (AvgIpc) is 3.33. The Bertz CT molecular complexity index is 769. The standard InChI is InChI=1S/C19H24N2O7/c1-26-14-8-12(9-15(27-2)17(14)28-3)21-10-11(7-16(21)22)18(23)20-6-4-5-13(20)19(24)25/h8-9,11,13H,4-7,10H2,1-3H3,(H,24,25). The minimum absolute atomic E-state index is 0.0400. The summed E-state index contributed by atoms with van der Waals surface area (Å²) in [5, 5.41) is 9.31. The number of carboxylic acids is 1. The molecule has 152 valence electrons. The Hall–Kier alpha value is -2.97.